The van der Waals surface area contributed by atoms with Gasteiger partial charge in [-0.15, -0.1) is 0 Å². The van der Waals surface area contributed by atoms with Crippen LogP contribution in [0.15, 0.2) is 66.7 Å². The van der Waals surface area contributed by atoms with Crippen molar-refractivity contribution < 1.29 is 28.6 Å². The molecule has 3 aromatic carbocycles. The number of phenolic OH excluding ortho intramolecular Hbond substituents is 1. The lowest BCUT2D eigenvalue weighted by Gasteiger charge is -2.48. The number of amides is 2. The van der Waals surface area contributed by atoms with Gasteiger partial charge < -0.3 is 20.8 Å². The van der Waals surface area contributed by atoms with Gasteiger partial charge in [-0.2, -0.15) is 0 Å². The molecule has 6 nitrogen and oxygen atoms in total. The maximum absolute atomic E-state index is 13.4. The first-order chi connectivity index (χ1) is 15.8. The minimum Gasteiger partial charge on any atom is -0.508 e. The van der Waals surface area contributed by atoms with Crippen LogP contribution in [-0.2, 0) is 4.79 Å². The fraction of sp³-hybridized carbons (Fsp3) is 0.200. The van der Waals surface area contributed by atoms with Gasteiger partial charge in [-0.05, 0) is 66.9 Å². The summed E-state index contributed by atoms with van der Waals surface area (Å²) in [6, 6.07) is 14.5. The normalized spacial score (nSPS) is 18.6. The van der Waals surface area contributed by atoms with Crippen LogP contribution in [0.4, 0.5) is 14.5 Å². The van der Waals surface area contributed by atoms with Crippen LogP contribution in [0.3, 0.4) is 0 Å². The highest BCUT2D eigenvalue weighted by atomic mass is 19.1. The molecular formula is C25H22F2N2O4. The van der Waals surface area contributed by atoms with E-state index in [1.54, 1.807) is 0 Å². The molecule has 0 radical (unpaired) electrons. The number of nitrogens with zero attached hydrogens (tertiary/aromatic N) is 1. The molecule has 0 saturated carbocycles. The number of rotatable bonds is 7. The van der Waals surface area contributed by atoms with E-state index in [-0.39, 0.29) is 30.1 Å². The number of anilines is 1. The molecule has 3 unspecified atom stereocenters. The van der Waals surface area contributed by atoms with Crippen LogP contribution in [0.25, 0.3) is 0 Å². The van der Waals surface area contributed by atoms with Crippen molar-refractivity contribution in [1.82, 2.24) is 0 Å². The SMILES string of the molecule is NC(=O)c1ccc(C2C(CCC(O)c3ccc(F)cc3)C(=O)N2c2ccc(F)cc2)c(O)c1. The third kappa shape index (κ3) is 4.42. The number of halogens is 2. The Morgan fingerprint density at radius 1 is 1.00 bits per heavy atom. The molecule has 4 rings (SSSR count). The van der Waals surface area contributed by atoms with Crippen LogP contribution in [-0.4, -0.2) is 22.0 Å². The Morgan fingerprint density at radius 2 is 1.61 bits per heavy atom. The third-order valence-electron chi connectivity index (χ3n) is 5.96. The van der Waals surface area contributed by atoms with E-state index in [0.29, 0.717) is 16.8 Å². The first-order valence-corrected chi connectivity index (χ1v) is 10.4. The molecule has 170 valence electrons. The Balaban J connectivity index is 1.61. The quantitative estimate of drug-likeness (QED) is 0.472. The summed E-state index contributed by atoms with van der Waals surface area (Å²) < 4.78 is 26.6. The van der Waals surface area contributed by atoms with Gasteiger partial charge in [0.05, 0.1) is 18.1 Å². The summed E-state index contributed by atoms with van der Waals surface area (Å²) in [5, 5.41) is 21.1. The summed E-state index contributed by atoms with van der Waals surface area (Å²) in [5.74, 6) is -2.57. The van der Waals surface area contributed by atoms with Gasteiger partial charge in [0.2, 0.25) is 11.8 Å². The maximum Gasteiger partial charge on any atom is 0.248 e. The molecule has 1 saturated heterocycles. The lowest BCUT2D eigenvalue weighted by molar-refractivity contribution is -0.131. The number of aromatic hydroxyl groups is 1. The zero-order chi connectivity index (χ0) is 23.7. The van der Waals surface area contributed by atoms with Crippen LogP contribution < -0.4 is 10.6 Å². The topological polar surface area (TPSA) is 104 Å². The largest absolute Gasteiger partial charge is 0.508 e. The molecule has 1 heterocycles. The van der Waals surface area contributed by atoms with Crippen molar-refractivity contribution >= 4 is 17.5 Å². The van der Waals surface area contributed by atoms with E-state index >= 15 is 0 Å². The summed E-state index contributed by atoms with van der Waals surface area (Å²) >= 11 is 0. The molecule has 3 atom stereocenters. The van der Waals surface area contributed by atoms with Gasteiger partial charge in [0.25, 0.3) is 0 Å². The average molecular weight is 452 g/mol. The van der Waals surface area contributed by atoms with Gasteiger partial charge in [0, 0.05) is 16.8 Å². The number of aliphatic hydroxyl groups excluding tert-OH is 1. The van der Waals surface area contributed by atoms with Crippen molar-refractivity contribution in [2.24, 2.45) is 11.7 Å². The number of hydrogen-bond acceptors (Lipinski definition) is 4. The van der Waals surface area contributed by atoms with E-state index < -0.39 is 35.6 Å². The van der Waals surface area contributed by atoms with Gasteiger partial charge in [-0.25, -0.2) is 8.78 Å². The van der Waals surface area contributed by atoms with Gasteiger partial charge in [-0.3, -0.25) is 9.59 Å². The van der Waals surface area contributed by atoms with Gasteiger partial charge in [-0.1, -0.05) is 18.2 Å². The fourth-order valence-corrected chi connectivity index (χ4v) is 4.21. The second kappa shape index (κ2) is 8.99. The highest BCUT2D eigenvalue weighted by molar-refractivity contribution is 6.03. The van der Waals surface area contributed by atoms with E-state index in [1.165, 1.54) is 71.6 Å². The standard InChI is InChI=1S/C25H22F2N2O4/c26-16-4-1-14(2-5-16)21(30)12-11-20-23(19-10-3-15(24(28)32)13-22(19)31)29(25(20)33)18-8-6-17(27)7-9-18/h1-10,13,20-21,23,30-31H,11-12H2,(H2,28,32). The first-order valence-electron chi connectivity index (χ1n) is 10.4. The molecule has 1 aliphatic heterocycles. The maximum atomic E-state index is 13.4. The molecule has 0 bridgehead atoms. The van der Waals surface area contributed by atoms with E-state index in [4.69, 9.17) is 5.73 Å². The summed E-state index contributed by atoms with van der Waals surface area (Å²) in [4.78, 5) is 26.0. The first kappa shape index (κ1) is 22.4. The molecular weight excluding hydrogens is 430 g/mol. The van der Waals surface area contributed by atoms with Crippen LogP contribution in [0, 0.1) is 17.6 Å². The summed E-state index contributed by atoms with van der Waals surface area (Å²) in [5.41, 5.74) is 6.80. The monoisotopic (exact) mass is 452 g/mol. The number of primary amides is 1. The number of carbonyl (C=O) groups excluding carboxylic acids is 2. The molecule has 3 aromatic rings. The van der Waals surface area contributed by atoms with Crippen LogP contribution >= 0.6 is 0 Å². The molecule has 4 N–H and O–H groups in total. The average Bonchev–Trinajstić information content (AvgIpc) is 2.79. The Hall–Kier alpha value is -3.78. The summed E-state index contributed by atoms with van der Waals surface area (Å²) in [6.45, 7) is 0. The van der Waals surface area contributed by atoms with Gasteiger partial charge >= 0.3 is 0 Å². The molecule has 8 heteroatoms. The Labute approximate surface area is 188 Å². The molecule has 0 aromatic heterocycles. The fourth-order valence-electron chi connectivity index (χ4n) is 4.21. The van der Waals surface area contributed by atoms with E-state index in [0.717, 1.165) is 0 Å². The number of β-lactam (4-membered cyclic amide) rings is 1. The summed E-state index contributed by atoms with van der Waals surface area (Å²) in [7, 11) is 0. The molecule has 1 fully saturated rings. The second-order valence-corrected chi connectivity index (χ2v) is 8.02. The number of benzene rings is 3. The van der Waals surface area contributed by atoms with Crippen LogP contribution in [0.2, 0.25) is 0 Å². The van der Waals surface area contributed by atoms with Gasteiger partial charge in [0.15, 0.2) is 0 Å². The Morgan fingerprint density at radius 3 is 2.18 bits per heavy atom. The third-order valence-corrected chi connectivity index (χ3v) is 5.96. The van der Waals surface area contributed by atoms with E-state index in [2.05, 4.69) is 0 Å². The van der Waals surface area contributed by atoms with Crippen molar-refractivity contribution in [2.45, 2.75) is 25.0 Å². The van der Waals surface area contributed by atoms with Crippen LogP contribution in [0.5, 0.6) is 5.75 Å². The zero-order valence-electron chi connectivity index (χ0n) is 17.5. The van der Waals surface area contributed by atoms with Crippen molar-refractivity contribution in [1.29, 1.82) is 0 Å². The molecule has 33 heavy (non-hydrogen) atoms. The van der Waals surface area contributed by atoms with Crippen LogP contribution in [0.1, 0.15) is 46.5 Å². The highest BCUT2D eigenvalue weighted by Gasteiger charge is 2.49. The number of aliphatic hydroxyl groups is 1. The molecule has 0 spiro atoms. The number of nitrogens with two attached hydrogens (primary N) is 1. The predicted molar refractivity (Wildman–Crippen MR) is 117 cm³/mol. The molecule has 1 aliphatic rings. The lowest BCUT2D eigenvalue weighted by atomic mass is 9.77. The van der Waals surface area contributed by atoms with Gasteiger partial charge in [0.1, 0.15) is 17.4 Å². The zero-order valence-corrected chi connectivity index (χ0v) is 17.5. The lowest BCUT2D eigenvalue weighted by Crippen LogP contribution is -2.55. The Bertz CT molecular complexity index is 1180. The minimum absolute atomic E-state index is 0.124. The number of hydrogen-bond donors (Lipinski definition) is 3. The van der Waals surface area contributed by atoms with Crippen molar-refractivity contribution in [3.63, 3.8) is 0 Å². The van der Waals surface area contributed by atoms with Crippen molar-refractivity contribution in [3.05, 3.63) is 95.1 Å². The van der Waals surface area contributed by atoms with E-state index in [1.807, 2.05) is 0 Å². The predicted octanol–water partition coefficient (Wildman–Crippen LogP) is 3.99. The highest BCUT2D eigenvalue weighted by Crippen LogP contribution is 2.48. The molecule has 0 aliphatic carbocycles. The summed E-state index contributed by atoms with van der Waals surface area (Å²) in [6.07, 6.45) is -0.378. The van der Waals surface area contributed by atoms with Crippen molar-refractivity contribution in [2.75, 3.05) is 4.90 Å². The molecule has 2 amide bonds. The van der Waals surface area contributed by atoms with E-state index in [9.17, 15) is 28.6 Å². The number of carbonyl (C=O) groups is 2. The minimum atomic E-state index is -0.898. The van der Waals surface area contributed by atoms with Crippen molar-refractivity contribution in [3.8, 4) is 5.75 Å². The second-order valence-electron chi connectivity index (χ2n) is 8.02. The number of phenols is 1. The Kier molecular flexibility index (Phi) is 6.11. The smallest absolute Gasteiger partial charge is 0.248 e.